The Morgan fingerprint density at radius 2 is 2.21 bits per heavy atom. The molecule has 2 rings (SSSR count). The van der Waals surface area contributed by atoms with Crippen LogP contribution >= 0.6 is 0 Å². The molecule has 0 N–H and O–H groups in total. The van der Waals surface area contributed by atoms with E-state index in [9.17, 15) is 0 Å². The van der Waals surface area contributed by atoms with Gasteiger partial charge in [-0.1, -0.05) is 19.8 Å². The van der Waals surface area contributed by atoms with Crippen molar-refractivity contribution >= 4 is 0 Å². The molecule has 1 heterocycles. The summed E-state index contributed by atoms with van der Waals surface area (Å²) in [5.74, 6) is 0.750. The zero-order valence-corrected chi connectivity index (χ0v) is 9.24. The Morgan fingerprint density at radius 1 is 1.50 bits per heavy atom. The highest BCUT2D eigenvalue weighted by atomic mass is 15.3. The largest absolute Gasteiger partial charge is 0.270 e. The number of rotatable bonds is 3. The molecule has 0 aliphatic heterocycles. The molecule has 0 spiro atoms. The summed E-state index contributed by atoms with van der Waals surface area (Å²) in [6.45, 7) is 4.44. The molecule has 2 heteroatoms. The number of aromatic nitrogens is 2. The van der Waals surface area contributed by atoms with E-state index in [0.717, 1.165) is 12.3 Å². The fraction of sp³-hybridized carbons (Fsp3) is 0.750. The molecule has 14 heavy (non-hydrogen) atoms. The molecule has 78 valence electrons. The number of nitrogens with zero attached hydrogens (tertiary/aromatic N) is 2. The van der Waals surface area contributed by atoms with Crippen LogP contribution in [0.2, 0.25) is 0 Å². The third-order valence-electron chi connectivity index (χ3n) is 3.44. The van der Waals surface area contributed by atoms with Crippen LogP contribution in [0.15, 0.2) is 12.3 Å². The van der Waals surface area contributed by atoms with E-state index >= 15 is 0 Å². The van der Waals surface area contributed by atoms with Gasteiger partial charge in [0.25, 0.3) is 0 Å². The van der Waals surface area contributed by atoms with Gasteiger partial charge in [-0.3, -0.25) is 4.68 Å². The molecule has 1 aromatic heterocycles. The maximum Gasteiger partial charge on any atom is 0.0655 e. The predicted octanol–water partition coefficient (Wildman–Crippen LogP) is 3.51. The molecule has 1 fully saturated rings. The number of hydrogen-bond donors (Lipinski definition) is 0. The lowest BCUT2D eigenvalue weighted by molar-refractivity contribution is 0.469. The highest BCUT2D eigenvalue weighted by molar-refractivity contribution is 5.08. The summed E-state index contributed by atoms with van der Waals surface area (Å²) in [5, 5.41) is 4.68. The van der Waals surface area contributed by atoms with Gasteiger partial charge in [0, 0.05) is 18.2 Å². The molecule has 0 saturated heterocycles. The molecular weight excluding hydrogens is 172 g/mol. The zero-order valence-electron chi connectivity index (χ0n) is 9.24. The Labute approximate surface area is 86.3 Å². The fourth-order valence-electron chi connectivity index (χ4n) is 2.22. The van der Waals surface area contributed by atoms with Gasteiger partial charge in [-0.25, -0.2) is 0 Å². The van der Waals surface area contributed by atoms with Crippen LogP contribution in [0.25, 0.3) is 0 Å². The molecule has 0 aromatic carbocycles. The van der Waals surface area contributed by atoms with Crippen LogP contribution in [0.1, 0.15) is 63.6 Å². The maximum absolute atomic E-state index is 4.68. The monoisotopic (exact) mass is 192 g/mol. The standard InChI is InChI=1S/C12H20N2/c1-3-10(2)14-9-8-12(13-14)11-6-4-5-7-11/h8-11H,3-7H2,1-2H3. The Kier molecular flexibility index (Phi) is 2.90. The summed E-state index contributed by atoms with van der Waals surface area (Å²) in [4.78, 5) is 0. The van der Waals surface area contributed by atoms with Gasteiger partial charge in [-0.05, 0) is 32.3 Å². The van der Waals surface area contributed by atoms with Gasteiger partial charge in [-0.15, -0.1) is 0 Å². The molecule has 1 saturated carbocycles. The van der Waals surface area contributed by atoms with E-state index in [1.165, 1.54) is 31.4 Å². The van der Waals surface area contributed by atoms with Crippen molar-refractivity contribution in [3.8, 4) is 0 Å². The average Bonchev–Trinajstić information content (AvgIpc) is 2.86. The summed E-state index contributed by atoms with van der Waals surface area (Å²) in [7, 11) is 0. The molecule has 0 radical (unpaired) electrons. The van der Waals surface area contributed by atoms with Crippen molar-refractivity contribution in [2.75, 3.05) is 0 Å². The molecule has 1 atom stereocenters. The zero-order chi connectivity index (χ0) is 9.97. The summed E-state index contributed by atoms with van der Waals surface area (Å²) >= 11 is 0. The second-order valence-electron chi connectivity index (χ2n) is 4.46. The second-order valence-corrected chi connectivity index (χ2v) is 4.46. The van der Waals surface area contributed by atoms with Gasteiger partial charge in [0.05, 0.1) is 5.69 Å². The minimum absolute atomic E-state index is 0.546. The van der Waals surface area contributed by atoms with Crippen LogP contribution in [0.3, 0.4) is 0 Å². The van der Waals surface area contributed by atoms with Crippen LogP contribution in [-0.2, 0) is 0 Å². The van der Waals surface area contributed by atoms with E-state index in [-0.39, 0.29) is 0 Å². The van der Waals surface area contributed by atoms with Crippen molar-refractivity contribution in [2.24, 2.45) is 0 Å². The lowest BCUT2D eigenvalue weighted by atomic mass is 10.1. The van der Waals surface area contributed by atoms with Crippen molar-refractivity contribution in [3.63, 3.8) is 0 Å². The molecule has 0 bridgehead atoms. The van der Waals surface area contributed by atoms with E-state index in [0.29, 0.717) is 6.04 Å². The van der Waals surface area contributed by atoms with E-state index in [1.807, 2.05) is 0 Å². The SMILES string of the molecule is CCC(C)n1ccc(C2CCCC2)n1. The molecule has 0 amide bonds. The van der Waals surface area contributed by atoms with Gasteiger partial charge in [0.15, 0.2) is 0 Å². The molecule has 1 unspecified atom stereocenters. The summed E-state index contributed by atoms with van der Waals surface area (Å²) < 4.78 is 2.12. The van der Waals surface area contributed by atoms with Crippen molar-refractivity contribution in [2.45, 2.75) is 57.9 Å². The highest BCUT2D eigenvalue weighted by Gasteiger charge is 2.19. The molecule has 1 aliphatic rings. The van der Waals surface area contributed by atoms with Gasteiger partial charge >= 0.3 is 0 Å². The van der Waals surface area contributed by atoms with Crippen LogP contribution < -0.4 is 0 Å². The minimum Gasteiger partial charge on any atom is -0.270 e. The van der Waals surface area contributed by atoms with E-state index in [4.69, 9.17) is 0 Å². The summed E-state index contributed by atoms with van der Waals surface area (Å²) in [5.41, 5.74) is 1.32. The summed E-state index contributed by atoms with van der Waals surface area (Å²) in [6.07, 6.45) is 8.77. The normalized spacial score (nSPS) is 20.1. The minimum atomic E-state index is 0.546. The molecular formula is C12H20N2. The van der Waals surface area contributed by atoms with Crippen LogP contribution in [-0.4, -0.2) is 9.78 Å². The Morgan fingerprint density at radius 3 is 2.86 bits per heavy atom. The van der Waals surface area contributed by atoms with Gasteiger partial charge < -0.3 is 0 Å². The first-order valence-electron chi connectivity index (χ1n) is 5.86. The lowest BCUT2D eigenvalue weighted by Gasteiger charge is -2.09. The van der Waals surface area contributed by atoms with Crippen molar-refractivity contribution in [1.29, 1.82) is 0 Å². The predicted molar refractivity (Wildman–Crippen MR) is 58.4 cm³/mol. The van der Waals surface area contributed by atoms with E-state index in [2.05, 4.69) is 35.9 Å². The first-order valence-corrected chi connectivity index (χ1v) is 5.86. The van der Waals surface area contributed by atoms with E-state index < -0.39 is 0 Å². The molecule has 1 aliphatic carbocycles. The third kappa shape index (κ3) is 1.84. The smallest absolute Gasteiger partial charge is 0.0655 e. The summed E-state index contributed by atoms with van der Waals surface area (Å²) in [6, 6.07) is 2.76. The van der Waals surface area contributed by atoms with Crippen molar-refractivity contribution in [1.82, 2.24) is 9.78 Å². The van der Waals surface area contributed by atoms with Gasteiger partial charge in [0.1, 0.15) is 0 Å². The van der Waals surface area contributed by atoms with Gasteiger partial charge in [-0.2, -0.15) is 5.10 Å². The Balaban J connectivity index is 2.08. The maximum atomic E-state index is 4.68. The Hall–Kier alpha value is -0.790. The Bertz CT molecular complexity index is 284. The fourth-order valence-corrected chi connectivity index (χ4v) is 2.22. The first kappa shape index (κ1) is 9.75. The lowest BCUT2D eigenvalue weighted by Crippen LogP contribution is -2.05. The molecule has 2 nitrogen and oxygen atoms in total. The first-order chi connectivity index (χ1) is 6.81. The van der Waals surface area contributed by atoms with Crippen LogP contribution in [0.4, 0.5) is 0 Å². The van der Waals surface area contributed by atoms with Crippen LogP contribution in [0.5, 0.6) is 0 Å². The topological polar surface area (TPSA) is 17.8 Å². The number of hydrogen-bond acceptors (Lipinski definition) is 1. The second kappa shape index (κ2) is 4.16. The molecule has 1 aromatic rings. The van der Waals surface area contributed by atoms with Crippen LogP contribution in [0, 0.1) is 0 Å². The average molecular weight is 192 g/mol. The van der Waals surface area contributed by atoms with Crippen molar-refractivity contribution in [3.05, 3.63) is 18.0 Å². The quantitative estimate of drug-likeness (QED) is 0.716. The van der Waals surface area contributed by atoms with Gasteiger partial charge in [0.2, 0.25) is 0 Å². The van der Waals surface area contributed by atoms with E-state index in [1.54, 1.807) is 0 Å². The van der Waals surface area contributed by atoms with Crippen molar-refractivity contribution < 1.29 is 0 Å². The highest BCUT2D eigenvalue weighted by Crippen LogP contribution is 2.33. The third-order valence-corrected chi connectivity index (χ3v) is 3.44.